The van der Waals surface area contributed by atoms with Crippen LogP contribution in [0, 0.1) is 0 Å². The molecule has 3 N–H and O–H groups in total. The average Bonchev–Trinajstić information content (AvgIpc) is 3.57. The average molecular weight is 612 g/mol. The van der Waals surface area contributed by atoms with Gasteiger partial charge in [-0.1, -0.05) is 23.0 Å². The first-order valence-corrected chi connectivity index (χ1v) is 15.3. The molecule has 0 aliphatic carbocycles. The van der Waals surface area contributed by atoms with Crippen molar-refractivity contribution in [2.24, 2.45) is 5.16 Å². The topological polar surface area (TPSA) is 194 Å². The molecule has 206 valence electrons. The summed E-state index contributed by atoms with van der Waals surface area (Å²) in [6, 6.07) is -0.983. The van der Waals surface area contributed by atoms with E-state index < -0.39 is 29.2 Å². The van der Waals surface area contributed by atoms with Gasteiger partial charge in [0.05, 0.1) is 6.54 Å². The van der Waals surface area contributed by atoms with Crippen molar-refractivity contribution in [3.05, 3.63) is 35.0 Å². The van der Waals surface area contributed by atoms with E-state index >= 15 is 0 Å². The van der Waals surface area contributed by atoms with E-state index in [4.69, 9.17) is 4.84 Å². The van der Waals surface area contributed by atoms with Gasteiger partial charge in [-0.2, -0.15) is 0 Å². The lowest BCUT2D eigenvalue weighted by molar-refractivity contribution is -0.150. The Hall–Kier alpha value is -3.42. The fraction of sp³-hybridized carbons (Fsp3) is 0.350. The van der Waals surface area contributed by atoms with Gasteiger partial charge in [-0.05, 0) is 22.3 Å². The lowest BCUT2D eigenvalue weighted by Crippen LogP contribution is -2.71. The third-order valence-corrected chi connectivity index (χ3v) is 8.68. The summed E-state index contributed by atoms with van der Waals surface area (Å²) in [5.41, 5.74) is 0.373. The summed E-state index contributed by atoms with van der Waals surface area (Å²) in [5.74, 6) is -1.79. The highest BCUT2D eigenvalue weighted by atomic mass is 32.2. The van der Waals surface area contributed by atoms with Crippen LogP contribution < -0.4 is 10.6 Å². The number of β-lactam (4-membered cyclic amide) rings is 1. The van der Waals surface area contributed by atoms with E-state index in [9.17, 15) is 24.3 Å². The molecule has 0 spiro atoms. The summed E-state index contributed by atoms with van der Waals surface area (Å²) in [5, 5.41) is 31.9. The molecule has 2 aliphatic rings. The Morgan fingerprint density at radius 3 is 2.97 bits per heavy atom. The Morgan fingerprint density at radius 2 is 2.26 bits per heavy atom. The van der Waals surface area contributed by atoms with Crippen LogP contribution in [0.5, 0.6) is 0 Å². The van der Waals surface area contributed by atoms with Crippen molar-refractivity contribution < 1.29 is 29.1 Å². The smallest absolute Gasteiger partial charge is 0.352 e. The molecule has 1 fully saturated rings. The molecule has 2 atom stereocenters. The number of carbonyl (C=O) groups excluding carboxylic acids is 3. The van der Waals surface area contributed by atoms with Crippen LogP contribution in [0.25, 0.3) is 0 Å². The Kier molecular flexibility index (Phi) is 9.59. The van der Waals surface area contributed by atoms with E-state index in [0.29, 0.717) is 29.4 Å². The van der Waals surface area contributed by atoms with Crippen LogP contribution in [0.1, 0.15) is 5.69 Å². The number of anilines is 1. The number of oxime groups is 1. The van der Waals surface area contributed by atoms with E-state index in [1.165, 1.54) is 50.2 Å². The molecular weight excluding hydrogens is 591 g/mol. The predicted octanol–water partition coefficient (Wildman–Crippen LogP) is 0.456. The van der Waals surface area contributed by atoms with Crippen LogP contribution in [0.15, 0.2) is 39.6 Å². The minimum Gasteiger partial charge on any atom is -0.477 e. The summed E-state index contributed by atoms with van der Waals surface area (Å²) in [6.07, 6.45) is 3.88. The van der Waals surface area contributed by atoms with Gasteiger partial charge < -0.3 is 20.6 Å². The van der Waals surface area contributed by atoms with Crippen LogP contribution in [0.3, 0.4) is 0 Å². The van der Waals surface area contributed by atoms with Crippen LogP contribution >= 0.6 is 46.6 Å². The number of carbonyl (C=O) groups is 4. The minimum atomic E-state index is -1.25. The van der Waals surface area contributed by atoms with Gasteiger partial charge in [0.15, 0.2) is 16.8 Å². The predicted molar refractivity (Wildman–Crippen MR) is 146 cm³/mol. The maximum absolute atomic E-state index is 13.1. The van der Waals surface area contributed by atoms with Crippen molar-refractivity contribution in [1.82, 2.24) is 35.4 Å². The molecule has 2 aromatic heterocycles. The van der Waals surface area contributed by atoms with Gasteiger partial charge in [0.25, 0.3) is 11.8 Å². The molecule has 4 rings (SSSR count). The highest BCUT2D eigenvalue weighted by Crippen LogP contribution is 2.41. The van der Waals surface area contributed by atoms with Crippen molar-refractivity contribution in [3.8, 4) is 0 Å². The number of tetrazole rings is 1. The maximum atomic E-state index is 13.1. The number of hydrogen-bond donors (Lipinski definition) is 3. The van der Waals surface area contributed by atoms with Crippen molar-refractivity contribution in [3.63, 3.8) is 0 Å². The summed E-state index contributed by atoms with van der Waals surface area (Å²) in [6.45, 7) is 4.05. The lowest BCUT2D eigenvalue weighted by atomic mass is 10.0. The number of carboxylic acid groups (broad SMARTS) is 1. The normalized spacial score (nSPS) is 18.7. The highest BCUT2D eigenvalue weighted by Gasteiger charge is 2.54. The van der Waals surface area contributed by atoms with Crippen LogP contribution in [0.4, 0.5) is 5.13 Å². The number of aliphatic carboxylic acids is 1. The second-order valence-electron chi connectivity index (χ2n) is 7.61. The molecule has 0 saturated carbocycles. The summed E-state index contributed by atoms with van der Waals surface area (Å²) >= 11 is 5.00. The number of fused-ring (bicyclic) bond motifs is 1. The third-order valence-electron chi connectivity index (χ3n) is 5.18. The van der Waals surface area contributed by atoms with Crippen LogP contribution in [0.2, 0.25) is 0 Å². The number of aromatic nitrogens is 5. The highest BCUT2D eigenvalue weighted by molar-refractivity contribution is 8.01. The van der Waals surface area contributed by atoms with Crippen molar-refractivity contribution in [2.45, 2.75) is 23.1 Å². The third kappa shape index (κ3) is 6.26. The van der Waals surface area contributed by atoms with Gasteiger partial charge >= 0.3 is 5.97 Å². The summed E-state index contributed by atoms with van der Waals surface area (Å²) < 4.78 is 1.53. The quantitative estimate of drug-likeness (QED) is 0.0390. The van der Waals surface area contributed by atoms with Crippen molar-refractivity contribution >= 4 is 81.7 Å². The van der Waals surface area contributed by atoms with Crippen LogP contribution in [-0.4, -0.2) is 100 Å². The van der Waals surface area contributed by atoms with Gasteiger partial charge in [0.2, 0.25) is 11.6 Å². The zero-order valence-corrected chi connectivity index (χ0v) is 23.4. The van der Waals surface area contributed by atoms with E-state index in [1.54, 1.807) is 12.3 Å². The molecule has 0 radical (unpaired) electrons. The number of carboxylic acids is 1. The molecule has 39 heavy (non-hydrogen) atoms. The number of allylic oxidation sites excluding steroid dienone is 1. The fourth-order valence-corrected chi connectivity index (χ4v) is 6.72. The standard InChI is InChI=1S/C20H21N9O6S4/c1-3-4-28-20(24-26-27-28)39-6-10-5-37-17-13(16(32)29(17)14(10)18(33)34)23-15(31)12(25-35-9-36-2)11-7-38-19(22-11)21-8-30/h3,7-8,13,17H,1,4-6,9H2,2H3,(H,23,31)(H,33,34)(H,21,22,30)/t13?,17-/m1/s1. The van der Waals surface area contributed by atoms with Gasteiger partial charge in [-0.15, -0.1) is 46.5 Å². The van der Waals surface area contributed by atoms with Gasteiger partial charge in [-0.3, -0.25) is 19.3 Å². The molecule has 15 nitrogen and oxygen atoms in total. The minimum absolute atomic E-state index is 0.120. The molecule has 1 saturated heterocycles. The molecule has 3 amide bonds. The van der Waals surface area contributed by atoms with Gasteiger partial charge in [0, 0.05) is 16.9 Å². The second-order valence-corrected chi connectivity index (χ2v) is 11.3. The van der Waals surface area contributed by atoms with E-state index in [-0.39, 0.29) is 33.9 Å². The lowest BCUT2D eigenvalue weighted by Gasteiger charge is -2.49. The number of thioether (sulfide) groups is 3. The molecule has 2 aromatic rings. The SMILES string of the molecule is C=CCn1nnnc1SCC1=C(C(=O)O)N2C(=O)C(NC(=O)C(=NOCSC)c3csc(NC=O)n3)[C@H]2SC1. The monoisotopic (exact) mass is 611 g/mol. The molecule has 0 aromatic carbocycles. The number of nitrogens with one attached hydrogen (secondary N) is 2. The molecule has 19 heteroatoms. The molecule has 1 unspecified atom stereocenters. The van der Waals surface area contributed by atoms with E-state index in [0.717, 1.165) is 11.3 Å². The number of nitrogens with zero attached hydrogens (tertiary/aromatic N) is 7. The second kappa shape index (κ2) is 13.1. The molecule has 0 bridgehead atoms. The maximum Gasteiger partial charge on any atom is 0.352 e. The summed E-state index contributed by atoms with van der Waals surface area (Å²) in [7, 11) is 0. The molecule has 2 aliphatic heterocycles. The Morgan fingerprint density at radius 1 is 1.44 bits per heavy atom. The Labute approximate surface area is 237 Å². The van der Waals surface area contributed by atoms with Crippen LogP contribution in [-0.2, 0) is 30.6 Å². The van der Waals surface area contributed by atoms with Gasteiger partial charge in [0.1, 0.15) is 22.8 Å². The number of thiazole rings is 1. The molecule has 4 heterocycles. The Balaban J connectivity index is 1.48. The Bertz CT molecular complexity index is 1340. The van der Waals surface area contributed by atoms with E-state index in [2.05, 4.69) is 42.9 Å². The molecular formula is C20H21N9O6S4. The first kappa shape index (κ1) is 28.6. The first-order valence-electron chi connectivity index (χ1n) is 10.9. The summed E-state index contributed by atoms with van der Waals surface area (Å²) in [4.78, 5) is 59.6. The van der Waals surface area contributed by atoms with Crippen molar-refractivity contribution in [2.75, 3.05) is 29.0 Å². The number of hydrogen-bond acceptors (Lipinski definition) is 14. The van der Waals surface area contributed by atoms with Crippen molar-refractivity contribution in [1.29, 1.82) is 0 Å². The van der Waals surface area contributed by atoms with Gasteiger partial charge in [-0.25, -0.2) is 14.5 Å². The first-order chi connectivity index (χ1) is 18.9. The zero-order valence-electron chi connectivity index (χ0n) is 20.2. The number of rotatable bonds is 14. The fourth-order valence-electron chi connectivity index (χ4n) is 3.54. The van der Waals surface area contributed by atoms with E-state index in [1.807, 2.05) is 0 Å². The number of amides is 3. The zero-order chi connectivity index (χ0) is 27.9. The largest absolute Gasteiger partial charge is 0.477 e.